The van der Waals surface area contributed by atoms with Gasteiger partial charge in [0.2, 0.25) is 5.78 Å². The Balaban J connectivity index is 1.98. The van der Waals surface area contributed by atoms with E-state index in [1.807, 2.05) is 12.1 Å². The summed E-state index contributed by atoms with van der Waals surface area (Å²) in [5.74, 6) is -0.200. The molecule has 0 spiro atoms. The van der Waals surface area contributed by atoms with Crippen molar-refractivity contribution in [2.75, 3.05) is 6.26 Å². The van der Waals surface area contributed by atoms with Gasteiger partial charge in [-0.15, -0.1) is 0 Å². The number of sulfone groups is 1. The molecule has 7 heteroatoms. The molecule has 29 heavy (non-hydrogen) atoms. The van der Waals surface area contributed by atoms with Crippen LogP contribution in [0.2, 0.25) is 10.0 Å². The summed E-state index contributed by atoms with van der Waals surface area (Å²) >= 11 is 12.0. The maximum Gasteiger partial charge on any atom is 0.209 e. The predicted molar refractivity (Wildman–Crippen MR) is 116 cm³/mol. The molecule has 1 aromatic heterocycles. The molecule has 0 aliphatic heterocycles. The molecule has 0 bridgehead atoms. The average molecular weight is 444 g/mol. The summed E-state index contributed by atoms with van der Waals surface area (Å²) < 4.78 is 25.7. The molecule has 4 rings (SSSR count). The topological polar surface area (TPSA) is 56.1 Å². The zero-order valence-corrected chi connectivity index (χ0v) is 17.6. The molecule has 0 saturated heterocycles. The van der Waals surface area contributed by atoms with Crippen LogP contribution in [0.3, 0.4) is 0 Å². The number of carbonyl (C=O) groups is 1. The van der Waals surface area contributed by atoms with Crippen molar-refractivity contribution in [2.45, 2.75) is 4.90 Å². The Morgan fingerprint density at radius 3 is 2.00 bits per heavy atom. The Bertz CT molecular complexity index is 1340. The summed E-state index contributed by atoms with van der Waals surface area (Å²) in [5, 5.41) is 1.77. The summed E-state index contributed by atoms with van der Waals surface area (Å²) in [6, 6.07) is 20.3. The SMILES string of the molecule is CS(=O)(=O)c1ccc2c(c1)cc(C(=O)c1ccc(Cl)cc1)n2-c1ccc(Cl)cc1. The number of rotatable bonds is 4. The van der Waals surface area contributed by atoms with Gasteiger partial charge in [0.05, 0.1) is 16.1 Å². The van der Waals surface area contributed by atoms with Gasteiger partial charge in [-0.1, -0.05) is 23.2 Å². The van der Waals surface area contributed by atoms with Crippen LogP contribution < -0.4 is 0 Å². The first kappa shape index (κ1) is 19.7. The van der Waals surface area contributed by atoms with Gasteiger partial charge in [0.1, 0.15) is 0 Å². The van der Waals surface area contributed by atoms with Gasteiger partial charge in [0, 0.05) is 32.9 Å². The molecule has 0 amide bonds. The Hall–Kier alpha value is -2.60. The molecule has 0 atom stereocenters. The fourth-order valence-electron chi connectivity index (χ4n) is 3.21. The molecule has 4 aromatic rings. The largest absolute Gasteiger partial charge is 0.306 e. The van der Waals surface area contributed by atoms with E-state index in [4.69, 9.17) is 23.2 Å². The minimum absolute atomic E-state index is 0.198. The van der Waals surface area contributed by atoms with E-state index in [2.05, 4.69) is 0 Å². The highest BCUT2D eigenvalue weighted by Crippen LogP contribution is 2.29. The second kappa shape index (κ2) is 7.34. The number of halogens is 2. The van der Waals surface area contributed by atoms with Crippen LogP contribution in [-0.2, 0) is 9.84 Å². The van der Waals surface area contributed by atoms with Gasteiger partial charge in [-0.3, -0.25) is 4.79 Å². The fourth-order valence-corrected chi connectivity index (χ4v) is 4.12. The van der Waals surface area contributed by atoms with E-state index in [9.17, 15) is 13.2 Å². The molecule has 146 valence electrons. The van der Waals surface area contributed by atoms with Crippen molar-refractivity contribution in [2.24, 2.45) is 0 Å². The van der Waals surface area contributed by atoms with Gasteiger partial charge in [0.25, 0.3) is 0 Å². The third-order valence-corrected chi connectivity index (χ3v) is 6.24. The molecule has 0 radical (unpaired) electrons. The van der Waals surface area contributed by atoms with Crippen LogP contribution in [0.5, 0.6) is 0 Å². The van der Waals surface area contributed by atoms with Crippen LogP contribution in [0, 0.1) is 0 Å². The number of hydrogen-bond donors (Lipinski definition) is 0. The lowest BCUT2D eigenvalue weighted by molar-refractivity contribution is 0.103. The molecular formula is C22H15Cl2NO3S. The van der Waals surface area contributed by atoms with Crippen molar-refractivity contribution < 1.29 is 13.2 Å². The van der Waals surface area contributed by atoms with Gasteiger partial charge in [-0.05, 0) is 72.8 Å². The van der Waals surface area contributed by atoms with E-state index >= 15 is 0 Å². The monoisotopic (exact) mass is 443 g/mol. The lowest BCUT2D eigenvalue weighted by Crippen LogP contribution is -2.08. The number of carbonyl (C=O) groups excluding carboxylic acids is 1. The molecule has 3 aromatic carbocycles. The van der Waals surface area contributed by atoms with Crippen LogP contribution in [0.15, 0.2) is 77.7 Å². The second-order valence-corrected chi connectivity index (χ2v) is 9.56. The summed E-state index contributed by atoms with van der Waals surface area (Å²) in [7, 11) is -3.37. The zero-order valence-electron chi connectivity index (χ0n) is 15.3. The summed E-state index contributed by atoms with van der Waals surface area (Å²) in [6.07, 6.45) is 1.16. The molecule has 0 aliphatic rings. The molecule has 0 N–H and O–H groups in total. The highest BCUT2D eigenvalue weighted by Gasteiger charge is 2.20. The van der Waals surface area contributed by atoms with Gasteiger partial charge in [-0.2, -0.15) is 0 Å². The van der Waals surface area contributed by atoms with E-state index in [0.29, 0.717) is 26.7 Å². The highest BCUT2D eigenvalue weighted by molar-refractivity contribution is 7.90. The Kier molecular flexibility index (Phi) is 4.99. The minimum atomic E-state index is -3.37. The Morgan fingerprint density at radius 2 is 1.41 bits per heavy atom. The lowest BCUT2D eigenvalue weighted by atomic mass is 10.1. The van der Waals surface area contributed by atoms with E-state index in [0.717, 1.165) is 17.5 Å². The first-order valence-corrected chi connectivity index (χ1v) is 11.3. The molecule has 0 saturated carbocycles. The number of aromatic nitrogens is 1. The van der Waals surface area contributed by atoms with Crippen LogP contribution >= 0.6 is 23.2 Å². The maximum absolute atomic E-state index is 13.3. The number of benzene rings is 3. The molecule has 4 nitrogen and oxygen atoms in total. The van der Waals surface area contributed by atoms with Crippen molar-refractivity contribution >= 4 is 49.7 Å². The van der Waals surface area contributed by atoms with Crippen molar-refractivity contribution in [1.29, 1.82) is 0 Å². The smallest absolute Gasteiger partial charge is 0.209 e. The molecular weight excluding hydrogens is 429 g/mol. The lowest BCUT2D eigenvalue weighted by Gasteiger charge is -2.11. The predicted octanol–water partition coefficient (Wildman–Crippen LogP) is 5.57. The van der Waals surface area contributed by atoms with Gasteiger partial charge in [-0.25, -0.2) is 8.42 Å². The third kappa shape index (κ3) is 3.81. The van der Waals surface area contributed by atoms with Crippen LogP contribution in [0.25, 0.3) is 16.6 Å². The Morgan fingerprint density at radius 1 is 0.828 bits per heavy atom. The second-order valence-electron chi connectivity index (χ2n) is 6.67. The minimum Gasteiger partial charge on any atom is -0.306 e. The molecule has 1 heterocycles. The number of fused-ring (bicyclic) bond motifs is 1. The summed E-state index contributed by atoms with van der Waals surface area (Å²) in [5.41, 5.74) is 2.36. The van der Waals surface area contributed by atoms with E-state index < -0.39 is 9.84 Å². The summed E-state index contributed by atoms with van der Waals surface area (Å²) in [4.78, 5) is 13.5. The van der Waals surface area contributed by atoms with E-state index in [-0.39, 0.29) is 10.7 Å². The Labute approximate surface area is 178 Å². The first-order chi connectivity index (χ1) is 13.7. The number of hydrogen-bond acceptors (Lipinski definition) is 3. The van der Waals surface area contributed by atoms with Crippen LogP contribution in [0.4, 0.5) is 0 Å². The normalized spacial score (nSPS) is 11.7. The van der Waals surface area contributed by atoms with Crippen LogP contribution in [0.1, 0.15) is 16.1 Å². The van der Waals surface area contributed by atoms with Crippen molar-refractivity contribution in [3.8, 4) is 5.69 Å². The quantitative estimate of drug-likeness (QED) is 0.387. The van der Waals surface area contributed by atoms with Crippen molar-refractivity contribution in [1.82, 2.24) is 4.57 Å². The maximum atomic E-state index is 13.3. The first-order valence-electron chi connectivity index (χ1n) is 8.66. The number of nitrogens with zero attached hydrogens (tertiary/aromatic N) is 1. The average Bonchev–Trinajstić information content (AvgIpc) is 3.07. The van der Waals surface area contributed by atoms with Crippen LogP contribution in [-0.4, -0.2) is 25.0 Å². The van der Waals surface area contributed by atoms with Gasteiger partial charge >= 0.3 is 0 Å². The third-order valence-electron chi connectivity index (χ3n) is 4.63. The molecule has 0 aliphatic carbocycles. The van der Waals surface area contributed by atoms with E-state index in [1.165, 1.54) is 0 Å². The standard InChI is InChI=1S/C22H15Cl2NO3S/c1-29(27,28)19-10-11-20-15(12-19)13-21(22(26)14-2-4-16(23)5-3-14)25(20)18-8-6-17(24)7-9-18/h2-13H,1H3. The van der Waals surface area contributed by atoms with Gasteiger partial charge in [0.15, 0.2) is 9.84 Å². The van der Waals surface area contributed by atoms with Crippen molar-refractivity contribution in [3.63, 3.8) is 0 Å². The van der Waals surface area contributed by atoms with Crippen molar-refractivity contribution in [3.05, 3.63) is 94.1 Å². The molecule has 0 unspecified atom stereocenters. The molecule has 0 fully saturated rings. The fraction of sp³-hybridized carbons (Fsp3) is 0.0455. The number of ketones is 1. The van der Waals surface area contributed by atoms with E-state index in [1.54, 1.807) is 65.2 Å². The summed E-state index contributed by atoms with van der Waals surface area (Å²) in [6.45, 7) is 0. The van der Waals surface area contributed by atoms with Gasteiger partial charge < -0.3 is 4.57 Å². The highest BCUT2D eigenvalue weighted by atomic mass is 35.5. The zero-order chi connectivity index (χ0) is 20.8.